The molecule has 0 radical (unpaired) electrons. The number of hydrogen-bond donors (Lipinski definition) is 0. The summed E-state index contributed by atoms with van der Waals surface area (Å²) in [4.78, 5) is 18.7. The highest BCUT2D eigenvalue weighted by atomic mass is 16.1. The van der Waals surface area contributed by atoms with E-state index >= 15 is 0 Å². The number of nitrogens with zero attached hydrogens (tertiary/aromatic N) is 2. The van der Waals surface area contributed by atoms with Gasteiger partial charge in [0.25, 0.3) is 5.91 Å². The van der Waals surface area contributed by atoms with Crippen LogP contribution in [0.1, 0.15) is 19.3 Å². The number of fused-ring (bicyclic) bond motifs is 1. The molecule has 10 heavy (non-hydrogen) atoms. The summed E-state index contributed by atoms with van der Waals surface area (Å²) in [7, 11) is 0. The van der Waals surface area contributed by atoms with Gasteiger partial charge in [0.15, 0.2) is 0 Å². The van der Waals surface area contributed by atoms with Gasteiger partial charge in [-0.2, -0.15) is 0 Å². The molecular weight excluding hydrogens is 128 g/mol. The van der Waals surface area contributed by atoms with Crippen LogP contribution in [0.15, 0.2) is 9.98 Å². The number of hydrogen-bond acceptors (Lipinski definition) is 2. The van der Waals surface area contributed by atoms with Gasteiger partial charge in [0.1, 0.15) is 6.54 Å². The van der Waals surface area contributed by atoms with Crippen LogP contribution in [0.5, 0.6) is 0 Å². The zero-order chi connectivity index (χ0) is 6.97. The average Bonchev–Trinajstić information content (AvgIpc) is 2.33. The number of aliphatic imine (C=N–C) groups is 2. The van der Waals surface area contributed by atoms with E-state index in [1.807, 2.05) is 0 Å². The van der Waals surface area contributed by atoms with E-state index in [2.05, 4.69) is 9.98 Å². The third kappa shape index (κ3) is 0.781. The predicted molar refractivity (Wildman–Crippen MR) is 38.6 cm³/mol. The second kappa shape index (κ2) is 2.01. The van der Waals surface area contributed by atoms with Crippen molar-refractivity contribution in [3.05, 3.63) is 0 Å². The van der Waals surface area contributed by atoms with Gasteiger partial charge in [0.2, 0.25) is 0 Å². The summed E-state index contributed by atoms with van der Waals surface area (Å²) >= 11 is 0. The van der Waals surface area contributed by atoms with Crippen molar-refractivity contribution in [1.29, 1.82) is 0 Å². The first-order valence-corrected chi connectivity index (χ1v) is 3.50. The van der Waals surface area contributed by atoms with Gasteiger partial charge in [-0.1, -0.05) is 0 Å². The van der Waals surface area contributed by atoms with Crippen LogP contribution in [0.2, 0.25) is 0 Å². The molecule has 1 fully saturated rings. The van der Waals surface area contributed by atoms with Crippen LogP contribution in [0.25, 0.3) is 0 Å². The second-order valence-electron chi connectivity index (χ2n) is 2.57. The van der Waals surface area contributed by atoms with Crippen LogP contribution in [0.4, 0.5) is 0 Å². The SMILES string of the molecule is O=C1CN=C2CCCC2=N1. The van der Waals surface area contributed by atoms with E-state index in [4.69, 9.17) is 0 Å². The fourth-order valence-electron chi connectivity index (χ4n) is 1.35. The van der Waals surface area contributed by atoms with Crippen LogP contribution in [0, 0.1) is 0 Å². The minimum absolute atomic E-state index is 0.0827. The van der Waals surface area contributed by atoms with E-state index in [1.54, 1.807) is 0 Å². The summed E-state index contributed by atoms with van der Waals surface area (Å²) in [6.07, 6.45) is 3.08. The fraction of sp³-hybridized carbons (Fsp3) is 0.571. The molecule has 2 rings (SSSR count). The Kier molecular flexibility index (Phi) is 1.16. The Morgan fingerprint density at radius 2 is 2.00 bits per heavy atom. The Morgan fingerprint density at radius 3 is 2.90 bits per heavy atom. The smallest absolute Gasteiger partial charge is 0.267 e. The van der Waals surface area contributed by atoms with Gasteiger partial charge in [-0.3, -0.25) is 9.79 Å². The van der Waals surface area contributed by atoms with Crippen LogP contribution < -0.4 is 0 Å². The van der Waals surface area contributed by atoms with Crippen molar-refractivity contribution in [1.82, 2.24) is 0 Å². The van der Waals surface area contributed by atoms with Gasteiger partial charge in [-0.25, -0.2) is 4.99 Å². The highest BCUT2D eigenvalue weighted by molar-refractivity contribution is 6.46. The summed E-state index contributed by atoms with van der Waals surface area (Å²) in [6.45, 7) is 0.277. The fourth-order valence-corrected chi connectivity index (χ4v) is 1.35. The molecule has 1 amide bonds. The molecule has 0 unspecified atom stereocenters. The Hall–Kier alpha value is -0.990. The molecule has 0 aromatic rings. The maximum Gasteiger partial charge on any atom is 0.267 e. The third-order valence-corrected chi connectivity index (χ3v) is 1.83. The molecule has 1 saturated carbocycles. The molecule has 0 N–H and O–H groups in total. The molecule has 0 aromatic carbocycles. The number of carbonyl (C=O) groups excluding carboxylic acids is 1. The molecule has 1 aliphatic heterocycles. The lowest BCUT2D eigenvalue weighted by Crippen LogP contribution is -2.17. The van der Waals surface area contributed by atoms with Crippen molar-refractivity contribution >= 4 is 17.3 Å². The Labute approximate surface area is 58.9 Å². The summed E-state index contributed by atoms with van der Waals surface area (Å²) in [5.74, 6) is -0.0827. The van der Waals surface area contributed by atoms with Crippen LogP contribution in [-0.4, -0.2) is 23.9 Å². The third-order valence-electron chi connectivity index (χ3n) is 1.83. The van der Waals surface area contributed by atoms with E-state index in [0.29, 0.717) is 0 Å². The molecule has 0 bridgehead atoms. The number of carbonyl (C=O) groups is 1. The van der Waals surface area contributed by atoms with Gasteiger partial charge in [0, 0.05) is 0 Å². The molecule has 3 nitrogen and oxygen atoms in total. The number of amides is 1. The predicted octanol–water partition coefficient (Wildman–Crippen LogP) is 0.593. The minimum Gasteiger partial charge on any atom is -0.278 e. The maximum atomic E-state index is 10.7. The van der Waals surface area contributed by atoms with Crippen molar-refractivity contribution in [3.8, 4) is 0 Å². The highest BCUT2D eigenvalue weighted by Gasteiger charge is 2.21. The minimum atomic E-state index is -0.0827. The summed E-state index contributed by atoms with van der Waals surface area (Å²) < 4.78 is 0. The van der Waals surface area contributed by atoms with Crippen LogP contribution in [-0.2, 0) is 4.79 Å². The lowest BCUT2D eigenvalue weighted by molar-refractivity contribution is -0.116. The van der Waals surface area contributed by atoms with Crippen molar-refractivity contribution in [2.24, 2.45) is 9.98 Å². The zero-order valence-electron chi connectivity index (χ0n) is 5.63. The van der Waals surface area contributed by atoms with Crippen molar-refractivity contribution in [2.75, 3.05) is 6.54 Å². The molecule has 0 spiro atoms. The lowest BCUT2D eigenvalue weighted by atomic mass is 10.2. The van der Waals surface area contributed by atoms with E-state index < -0.39 is 0 Å². The maximum absolute atomic E-state index is 10.7. The second-order valence-corrected chi connectivity index (χ2v) is 2.57. The van der Waals surface area contributed by atoms with E-state index in [9.17, 15) is 4.79 Å². The normalized spacial score (nSPS) is 23.8. The molecule has 0 saturated heterocycles. The molecule has 0 aromatic heterocycles. The molecule has 1 aliphatic carbocycles. The molecule has 3 heteroatoms. The van der Waals surface area contributed by atoms with Gasteiger partial charge in [-0.05, 0) is 19.3 Å². The molecule has 0 atom stereocenters. The van der Waals surface area contributed by atoms with Crippen LogP contribution >= 0.6 is 0 Å². The average molecular weight is 136 g/mol. The van der Waals surface area contributed by atoms with E-state index in [1.165, 1.54) is 0 Å². The quantitative estimate of drug-likeness (QED) is 0.480. The monoisotopic (exact) mass is 136 g/mol. The Morgan fingerprint density at radius 1 is 1.20 bits per heavy atom. The highest BCUT2D eigenvalue weighted by Crippen LogP contribution is 2.15. The molecule has 2 aliphatic rings. The molecule has 1 heterocycles. The topological polar surface area (TPSA) is 41.8 Å². The van der Waals surface area contributed by atoms with Crippen molar-refractivity contribution in [3.63, 3.8) is 0 Å². The lowest BCUT2D eigenvalue weighted by Gasteiger charge is -2.02. The largest absolute Gasteiger partial charge is 0.278 e. The first kappa shape index (κ1) is 5.77. The van der Waals surface area contributed by atoms with Gasteiger partial charge < -0.3 is 0 Å². The number of rotatable bonds is 0. The first-order chi connectivity index (χ1) is 4.86. The van der Waals surface area contributed by atoms with Crippen molar-refractivity contribution in [2.45, 2.75) is 19.3 Å². The zero-order valence-corrected chi connectivity index (χ0v) is 5.63. The van der Waals surface area contributed by atoms with E-state index in [0.717, 1.165) is 30.7 Å². The summed E-state index contributed by atoms with van der Waals surface area (Å²) in [5.41, 5.74) is 2.01. The Balaban J connectivity index is 2.35. The molecular formula is C7H8N2O. The van der Waals surface area contributed by atoms with Crippen LogP contribution in [0.3, 0.4) is 0 Å². The standard InChI is InChI=1S/C7H8N2O/c10-7-4-8-5-2-1-3-6(5)9-7/h1-4H2. The van der Waals surface area contributed by atoms with Gasteiger partial charge in [0.05, 0.1) is 11.4 Å². The Bertz CT molecular complexity index is 240. The summed E-state index contributed by atoms with van der Waals surface area (Å²) in [6, 6.07) is 0. The molecule has 52 valence electrons. The first-order valence-electron chi connectivity index (χ1n) is 3.50. The van der Waals surface area contributed by atoms with Crippen molar-refractivity contribution < 1.29 is 4.79 Å². The van der Waals surface area contributed by atoms with Gasteiger partial charge >= 0.3 is 0 Å². The van der Waals surface area contributed by atoms with E-state index in [-0.39, 0.29) is 12.5 Å². The van der Waals surface area contributed by atoms with Gasteiger partial charge in [-0.15, -0.1) is 0 Å². The summed E-state index contributed by atoms with van der Waals surface area (Å²) in [5, 5.41) is 0.